The van der Waals surface area contributed by atoms with Crippen LogP contribution in [0.3, 0.4) is 0 Å². The summed E-state index contributed by atoms with van der Waals surface area (Å²) in [4.78, 5) is 28.3. The zero-order valence-corrected chi connectivity index (χ0v) is 12.1. The van der Waals surface area contributed by atoms with Gasteiger partial charge in [-0.2, -0.15) is 0 Å². The molecule has 112 valence electrons. The summed E-state index contributed by atoms with van der Waals surface area (Å²) in [5.74, 6) is -0.266. The fraction of sp³-hybridized carbons (Fsp3) is 0.500. The van der Waals surface area contributed by atoms with E-state index in [-0.39, 0.29) is 23.7 Å². The highest BCUT2D eigenvalue weighted by Crippen LogP contribution is 2.27. The standard InChI is InChI=1S/C16H19FN2O2/c1-11-10-12(5-6-13(11)17)18-9-7-15(20)19-8-3-2-4-14(19)16(18)21/h5-6,10,14H,2-4,7-9H2,1H3. The van der Waals surface area contributed by atoms with E-state index >= 15 is 0 Å². The average Bonchev–Trinajstić information content (AvgIpc) is 2.61. The molecule has 5 heteroatoms. The first-order chi connectivity index (χ1) is 10.1. The molecule has 4 nitrogen and oxygen atoms in total. The zero-order chi connectivity index (χ0) is 15.0. The molecule has 2 aliphatic heterocycles. The van der Waals surface area contributed by atoms with Gasteiger partial charge in [0, 0.05) is 25.2 Å². The SMILES string of the molecule is Cc1cc(N2CCC(=O)N3CCCCC3C2=O)ccc1F. The van der Waals surface area contributed by atoms with Gasteiger partial charge >= 0.3 is 0 Å². The van der Waals surface area contributed by atoms with Crippen molar-refractivity contribution in [2.24, 2.45) is 0 Å². The molecule has 0 radical (unpaired) electrons. The minimum Gasteiger partial charge on any atom is -0.331 e. The van der Waals surface area contributed by atoms with Gasteiger partial charge in [0.1, 0.15) is 11.9 Å². The molecule has 21 heavy (non-hydrogen) atoms. The third kappa shape index (κ3) is 2.52. The molecule has 1 unspecified atom stereocenters. The summed E-state index contributed by atoms with van der Waals surface area (Å²) in [5.41, 5.74) is 1.19. The van der Waals surface area contributed by atoms with Crippen molar-refractivity contribution in [3.05, 3.63) is 29.6 Å². The lowest BCUT2D eigenvalue weighted by Gasteiger charge is -2.34. The Kier molecular flexibility index (Phi) is 3.66. The second-order valence-electron chi connectivity index (χ2n) is 5.77. The third-order valence-corrected chi connectivity index (χ3v) is 4.38. The van der Waals surface area contributed by atoms with Gasteiger partial charge in [0.2, 0.25) is 11.8 Å². The Morgan fingerprint density at radius 1 is 1.19 bits per heavy atom. The Bertz CT molecular complexity index is 588. The highest BCUT2D eigenvalue weighted by molar-refractivity contribution is 6.01. The van der Waals surface area contributed by atoms with Crippen molar-refractivity contribution in [1.29, 1.82) is 0 Å². The van der Waals surface area contributed by atoms with Gasteiger partial charge in [0.15, 0.2) is 0 Å². The fourth-order valence-corrected chi connectivity index (χ4v) is 3.18. The summed E-state index contributed by atoms with van der Waals surface area (Å²) in [6, 6.07) is 4.32. The summed E-state index contributed by atoms with van der Waals surface area (Å²) in [6.07, 6.45) is 2.99. The van der Waals surface area contributed by atoms with E-state index in [0.29, 0.717) is 30.8 Å². The maximum atomic E-state index is 13.4. The summed E-state index contributed by atoms with van der Waals surface area (Å²) < 4.78 is 13.4. The van der Waals surface area contributed by atoms with Crippen molar-refractivity contribution < 1.29 is 14.0 Å². The topological polar surface area (TPSA) is 40.6 Å². The van der Waals surface area contributed by atoms with Gasteiger partial charge < -0.3 is 9.80 Å². The summed E-state index contributed by atoms with van der Waals surface area (Å²) >= 11 is 0. The van der Waals surface area contributed by atoms with Crippen LogP contribution in [-0.4, -0.2) is 35.8 Å². The van der Waals surface area contributed by atoms with Gasteiger partial charge in [0.05, 0.1) is 0 Å². The Hall–Kier alpha value is -1.91. The van der Waals surface area contributed by atoms with Gasteiger partial charge in [-0.3, -0.25) is 9.59 Å². The number of amides is 2. The van der Waals surface area contributed by atoms with Gasteiger partial charge in [-0.1, -0.05) is 0 Å². The minimum atomic E-state index is -0.348. The first-order valence-electron chi connectivity index (χ1n) is 7.45. The fourth-order valence-electron chi connectivity index (χ4n) is 3.18. The molecule has 3 rings (SSSR count). The molecule has 0 N–H and O–H groups in total. The van der Waals surface area contributed by atoms with Crippen LogP contribution in [0.5, 0.6) is 0 Å². The van der Waals surface area contributed by atoms with Crippen LogP contribution >= 0.6 is 0 Å². The van der Waals surface area contributed by atoms with Crippen LogP contribution in [0.4, 0.5) is 10.1 Å². The van der Waals surface area contributed by atoms with Crippen molar-refractivity contribution in [3.8, 4) is 0 Å². The summed E-state index contributed by atoms with van der Waals surface area (Å²) in [7, 11) is 0. The molecule has 2 amide bonds. The van der Waals surface area contributed by atoms with E-state index < -0.39 is 0 Å². The number of piperidine rings is 1. The number of nitrogens with zero attached hydrogens (tertiary/aromatic N) is 2. The number of carbonyl (C=O) groups excluding carboxylic acids is 2. The van der Waals surface area contributed by atoms with Crippen LogP contribution in [0.2, 0.25) is 0 Å². The van der Waals surface area contributed by atoms with Gasteiger partial charge in [-0.15, -0.1) is 0 Å². The van der Waals surface area contributed by atoms with E-state index in [1.807, 2.05) is 0 Å². The van der Waals surface area contributed by atoms with E-state index in [9.17, 15) is 14.0 Å². The van der Waals surface area contributed by atoms with E-state index in [0.717, 1.165) is 19.3 Å². The van der Waals surface area contributed by atoms with Crippen molar-refractivity contribution in [3.63, 3.8) is 0 Å². The lowest BCUT2D eigenvalue weighted by Crippen LogP contribution is -2.49. The van der Waals surface area contributed by atoms with Crippen molar-refractivity contribution in [2.75, 3.05) is 18.0 Å². The van der Waals surface area contributed by atoms with E-state index in [1.165, 1.54) is 6.07 Å². The highest BCUT2D eigenvalue weighted by atomic mass is 19.1. The van der Waals surface area contributed by atoms with E-state index in [1.54, 1.807) is 28.9 Å². The molecule has 0 saturated carbocycles. The number of aryl methyl sites for hydroxylation is 1. The number of carbonyl (C=O) groups is 2. The van der Waals surface area contributed by atoms with Crippen LogP contribution in [0.25, 0.3) is 0 Å². The monoisotopic (exact) mass is 290 g/mol. The largest absolute Gasteiger partial charge is 0.331 e. The van der Waals surface area contributed by atoms with E-state index in [2.05, 4.69) is 0 Å². The number of anilines is 1. The third-order valence-electron chi connectivity index (χ3n) is 4.38. The molecular weight excluding hydrogens is 271 g/mol. The molecule has 0 bridgehead atoms. The first-order valence-corrected chi connectivity index (χ1v) is 7.45. The normalized spacial score (nSPS) is 23.0. The van der Waals surface area contributed by atoms with Crippen molar-refractivity contribution in [1.82, 2.24) is 4.90 Å². The smallest absolute Gasteiger partial charge is 0.249 e. The number of benzene rings is 1. The molecule has 0 spiro atoms. The molecule has 2 heterocycles. The average molecular weight is 290 g/mol. The lowest BCUT2D eigenvalue weighted by molar-refractivity contribution is -0.138. The second kappa shape index (κ2) is 5.47. The number of hydrogen-bond acceptors (Lipinski definition) is 2. The van der Waals surface area contributed by atoms with Crippen LogP contribution < -0.4 is 4.90 Å². The zero-order valence-electron chi connectivity index (χ0n) is 12.1. The molecule has 2 fully saturated rings. The molecular formula is C16H19FN2O2. The van der Waals surface area contributed by atoms with Crippen molar-refractivity contribution in [2.45, 2.75) is 38.6 Å². The van der Waals surface area contributed by atoms with Gasteiger partial charge in [-0.05, 0) is 49.9 Å². The molecule has 0 aromatic heterocycles. The van der Waals surface area contributed by atoms with Crippen LogP contribution in [-0.2, 0) is 9.59 Å². The minimum absolute atomic E-state index is 0.0356. The Balaban J connectivity index is 1.93. The highest BCUT2D eigenvalue weighted by Gasteiger charge is 2.38. The second-order valence-corrected chi connectivity index (χ2v) is 5.77. The van der Waals surface area contributed by atoms with Crippen LogP contribution in [0.1, 0.15) is 31.2 Å². The van der Waals surface area contributed by atoms with Gasteiger partial charge in [-0.25, -0.2) is 4.39 Å². The maximum Gasteiger partial charge on any atom is 0.249 e. The molecule has 1 atom stereocenters. The van der Waals surface area contributed by atoms with E-state index in [4.69, 9.17) is 0 Å². The molecule has 1 aromatic carbocycles. The van der Waals surface area contributed by atoms with Crippen LogP contribution in [0, 0.1) is 12.7 Å². The first kappa shape index (κ1) is 14.0. The molecule has 0 aliphatic carbocycles. The maximum absolute atomic E-state index is 13.4. The Labute approximate surface area is 123 Å². The Morgan fingerprint density at radius 3 is 2.76 bits per heavy atom. The quantitative estimate of drug-likeness (QED) is 0.796. The number of rotatable bonds is 1. The van der Waals surface area contributed by atoms with Gasteiger partial charge in [0.25, 0.3) is 0 Å². The number of hydrogen-bond donors (Lipinski definition) is 0. The number of fused-ring (bicyclic) bond motifs is 1. The predicted molar refractivity (Wildman–Crippen MR) is 77.5 cm³/mol. The molecule has 1 aromatic rings. The molecule has 2 aliphatic rings. The Morgan fingerprint density at radius 2 is 2.00 bits per heavy atom. The molecule has 2 saturated heterocycles. The lowest BCUT2D eigenvalue weighted by atomic mass is 10.0. The van der Waals surface area contributed by atoms with Crippen molar-refractivity contribution >= 4 is 17.5 Å². The summed E-state index contributed by atoms with van der Waals surface area (Å²) in [5, 5.41) is 0. The number of halogens is 1. The summed E-state index contributed by atoms with van der Waals surface area (Å²) in [6.45, 7) is 2.72. The predicted octanol–water partition coefficient (Wildman–Crippen LogP) is 2.25. The van der Waals surface area contributed by atoms with Crippen LogP contribution in [0.15, 0.2) is 18.2 Å².